The molecule has 0 spiro atoms. The second kappa shape index (κ2) is 8.75. The van der Waals surface area contributed by atoms with Crippen molar-refractivity contribution in [3.63, 3.8) is 0 Å². The van der Waals surface area contributed by atoms with Gasteiger partial charge in [0.25, 0.3) is 0 Å². The molecular formula is C17H16CrN4O6S. The molecule has 2 aromatic carbocycles. The Hall–Kier alpha value is -2.72. The van der Waals surface area contributed by atoms with E-state index in [1.165, 1.54) is 36.4 Å². The maximum atomic E-state index is 11.2. The number of azo groups is 1. The molecule has 0 saturated heterocycles. The number of aromatic carboxylic acids is 1. The molecule has 0 saturated carbocycles. The summed E-state index contributed by atoms with van der Waals surface area (Å²) in [6.45, 7) is 1.59. The van der Waals surface area contributed by atoms with Gasteiger partial charge in [0.05, 0.1) is 21.8 Å². The fourth-order valence-electron chi connectivity index (χ4n) is 2.42. The Balaban J connectivity index is 0.00000300. The molecule has 5 N–H and O–H groups in total. The summed E-state index contributed by atoms with van der Waals surface area (Å²) < 4.78 is 28.9. The largest absolute Gasteiger partial charge is 0.492 e. The van der Waals surface area contributed by atoms with Gasteiger partial charge in [0.1, 0.15) is 16.6 Å². The summed E-state index contributed by atoms with van der Waals surface area (Å²) in [7, 11) is -3.84. The first-order valence-corrected chi connectivity index (χ1v) is 9.32. The number of aromatic nitrogens is 2. The van der Waals surface area contributed by atoms with E-state index in [9.17, 15) is 28.7 Å². The Labute approximate surface area is 177 Å². The number of benzene rings is 2. The van der Waals surface area contributed by atoms with Gasteiger partial charge in [-0.15, -0.1) is 10.2 Å². The first-order valence-electron chi connectivity index (χ1n) is 7.82. The number of nitrogens with zero attached hydrogens (tertiary/aromatic N) is 4. The SMILES string of the molecule is Cc1nn(-c2ccc(S(O)(O)O)cc2)c(O)c1N=Nc1ccccc1C(=O)O.[Cr]. The summed E-state index contributed by atoms with van der Waals surface area (Å²) in [4.78, 5) is 11.2. The molecule has 1 heterocycles. The number of aryl methyl sites for hydroxylation is 1. The van der Waals surface area contributed by atoms with Gasteiger partial charge < -0.3 is 23.9 Å². The Bertz CT molecular complexity index is 1060. The van der Waals surface area contributed by atoms with E-state index in [0.29, 0.717) is 11.4 Å². The number of rotatable bonds is 5. The van der Waals surface area contributed by atoms with Crippen molar-refractivity contribution in [2.24, 2.45) is 10.2 Å². The topological polar surface area (TPSA) is 161 Å². The molecular weight excluding hydrogens is 440 g/mol. The molecule has 10 nitrogen and oxygen atoms in total. The van der Waals surface area contributed by atoms with Crippen LogP contribution in [0, 0.1) is 6.92 Å². The zero-order valence-corrected chi connectivity index (χ0v) is 17.0. The smallest absolute Gasteiger partial charge is 0.337 e. The number of aromatic hydroxyl groups is 1. The molecule has 0 atom stereocenters. The fourth-order valence-corrected chi connectivity index (χ4v) is 2.92. The van der Waals surface area contributed by atoms with Crippen LogP contribution in [0.5, 0.6) is 5.88 Å². The van der Waals surface area contributed by atoms with Crippen molar-refractivity contribution in [2.75, 3.05) is 0 Å². The van der Waals surface area contributed by atoms with E-state index in [1.54, 1.807) is 19.1 Å². The second-order valence-corrected chi connectivity index (χ2v) is 7.21. The summed E-state index contributed by atoms with van der Waals surface area (Å²) in [5.41, 5.74) is 0.856. The van der Waals surface area contributed by atoms with Gasteiger partial charge in [-0.2, -0.15) is 9.78 Å². The molecule has 0 radical (unpaired) electrons. The van der Waals surface area contributed by atoms with Crippen LogP contribution >= 0.6 is 10.9 Å². The van der Waals surface area contributed by atoms with Crippen molar-refractivity contribution in [1.29, 1.82) is 0 Å². The van der Waals surface area contributed by atoms with Crippen molar-refractivity contribution in [2.45, 2.75) is 11.8 Å². The molecule has 152 valence electrons. The van der Waals surface area contributed by atoms with Crippen molar-refractivity contribution in [3.05, 3.63) is 59.8 Å². The molecule has 29 heavy (non-hydrogen) atoms. The molecule has 0 fully saturated rings. The van der Waals surface area contributed by atoms with Gasteiger partial charge in [0, 0.05) is 17.4 Å². The molecule has 1 aromatic heterocycles. The Morgan fingerprint density at radius 2 is 1.66 bits per heavy atom. The van der Waals surface area contributed by atoms with Gasteiger partial charge in [-0.05, 0) is 43.3 Å². The van der Waals surface area contributed by atoms with Crippen LogP contribution in [0.15, 0.2) is 63.7 Å². The summed E-state index contributed by atoms with van der Waals surface area (Å²) in [5.74, 6) is -1.49. The third kappa shape index (κ3) is 4.83. The molecule has 0 aliphatic rings. The minimum absolute atomic E-state index is 0. The van der Waals surface area contributed by atoms with E-state index in [1.807, 2.05) is 0 Å². The average molecular weight is 456 g/mol. The van der Waals surface area contributed by atoms with E-state index in [0.717, 1.165) is 4.68 Å². The molecule has 0 unspecified atom stereocenters. The number of hydrogen-bond donors (Lipinski definition) is 5. The third-order valence-electron chi connectivity index (χ3n) is 3.79. The van der Waals surface area contributed by atoms with Gasteiger partial charge in [0.2, 0.25) is 5.88 Å². The molecule has 0 bridgehead atoms. The van der Waals surface area contributed by atoms with E-state index in [4.69, 9.17) is 0 Å². The zero-order valence-electron chi connectivity index (χ0n) is 14.9. The van der Waals surface area contributed by atoms with Crippen molar-refractivity contribution < 1.29 is 46.0 Å². The van der Waals surface area contributed by atoms with Crippen LogP contribution in [-0.4, -0.2) is 39.6 Å². The van der Waals surface area contributed by atoms with E-state index >= 15 is 0 Å². The van der Waals surface area contributed by atoms with Gasteiger partial charge in [-0.1, -0.05) is 12.1 Å². The predicted octanol–water partition coefficient (Wildman–Crippen LogP) is 4.58. The molecule has 0 aliphatic carbocycles. The number of carboxylic acid groups (broad SMARTS) is 1. The first-order chi connectivity index (χ1) is 13.2. The second-order valence-electron chi connectivity index (χ2n) is 5.70. The van der Waals surface area contributed by atoms with Gasteiger partial charge in [-0.25, -0.2) is 4.79 Å². The molecule has 0 aliphatic heterocycles. The van der Waals surface area contributed by atoms with Gasteiger partial charge >= 0.3 is 5.97 Å². The standard InChI is InChI=1S/C17H16N4O6S.Cr/c1-10-15(19-18-14-5-3-2-4-13(14)17(23)24)16(22)21(20-10)11-6-8-12(9-7-11)28(25,26)27;/h2-9,22,25-27H,1H3,(H,23,24);. The summed E-state index contributed by atoms with van der Waals surface area (Å²) in [6.07, 6.45) is 0. The Morgan fingerprint density at radius 1 is 1.03 bits per heavy atom. The van der Waals surface area contributed by atoms with Crippen LogP contribution in [-0.2, 0) is 17.4 Å². The first kappa shape index (κ1) is 22.6. The molecule has 3 aromatic rings. The molecule has 3 rings (SSSR count). The van der Waals surface area contributed by atoms with Crippen LogP contribution < -0.4 is 0 Å². The number of carbonyl (C=O) groups is 1. The normalized spacial score (nSPS) is 12.0. The minimum Gasteiger partial charge on any atom is -0.492 e. The summed E-state index contributed by atoms with van der Waals surface area (Å²) in [5, 5.41) is 31.6. The van der Waals surface area contributed by atoms with Crippen LogP contribution in [0.25, 0.3) is 5.69 Å². The Kier molecular flexibility index (Phi) is 6.81. The monoisotopic (exact) mass is 456 g/mol. The number of hydrogen-bond acceptors (Lipinski definition) is 8. The minimum atomic E-state index is -3.84. The molecule has 12 heteroatoms. The van der Waals surface area contributed by atoms with Crippen LogP contribution in [0.4, 0.5) is 11.4 Å². The van der Waals surface area contributed by atoms with Crippen molar-refractivity contribution >= 4 is 28.2 Å². The maximum Gasteiger partial charge on any atom is 0.337 e. The maximum absolute atomic E-state index is 11.2. The van der Waals surface area contributed by atoms with Gasteiger partial charge in [0.15, 0.2) is 5.69 Å². The van der Waals surface area contributed by atoms with E-state index in [-0.39, 0.29) is 45.1 Å². The third-order valence-corrected chi connectivity index (χ3v) is 4.70. The average Bonchev–Trinajstić information content (AvgIpc) is 2.93. The van der Waals surface area contributed by atoms with Crippen molar-refractivity contribution in [3.8, 4) is 11.6 Å². The van der Waals surface area contributed by atoms with Crippen LogP contribution in [0.3, 0.4) is 0 Å². The molecule has 0 amide bonds. The summed E-state index contributed by atoms with van der Waals surface area (Å²) >= 11 is 0. The quantitative estimate of drug-likeness (QED) is 0.351. The predicted molar refractivity (Wildman–Crippen MR) is 101 cm³/mol. The van der Waals surface area contributed by atoms with E-state index in [2.05, 4.69) is 15.3 Å². The fraction of sp³-hybridized carbons (Fsp3) is 0.0588. The van der Waals surface area contributed by atoms with Gasteiger partial charge in [-0.3, -0.25) is 0 Å². The van der Waals surface area contributed by atoms with Crippen molar-refractivity contribution in [1.82, 2.24) is 9.78 Å². The van der Waals surface area contributed by atoms with E-state index < -0.39 is 16.8 Å². The van der Waals surface area contributed by atoms with Crippen LogP contribution in [0.1, 0.15) is 16.1 Å². The Morgan fingerprint density at radius 3 is 2.24 bits per heavy atom. The van der Waals surface area contributed by atoms with Crippen LogP contribution in [0.2, 0.25) is 0 Å². The summed E-state index contributed by atoms with van der Waals surface area (Å²) in [6, 6.07) is 11.5. The zero-order chi connectivity index (χ0) is 20.5. The number of carboxylic acids is 1.